The number of hydrogen-bond acceptors (Lipinski definition) is 4. The third kappa shape index (κ3) is 5.11. The maximum atomic E-state index is 13.4. The molecule has 2 aliphatic rings. The van der Waals surface area contributed by atoms with E-state index in [1.54, 1.807) is 0 Å². The first-order valence-corrected chi connectivity index (χ1v) is 13.1. The molecule has 0 spiro atoms. The first-order valence-electron chi connectivity index (χ1n) is 12.3. The van der Waals surface area contributed by atoms with Gasteiger partial charge in [0.05, 0.1) is 12.6 Å². The number of nitrogens with one attached hydrogen (secondary N) is 1. The van der Waals surface area contributed by atoms with Crippen LogP contribution in [0.2, 0.25) is 0 Å². The molecule has 6 nitrogen and oxygen atoms in total. The highest BCUT2D eigenvalue weighted by Crippen LogP contribution is 2.37. The van der Waals surface area contributed by atoms with Crippen LogP contribution in [-0.2, 0) is 11.2 Å². The van der Waals surface area contributed by atoms with E-state index in [9.17, 15) is 9.59 Å². The minimum atomic E-state index is -0.112. The summed E-state index contributed by atoms with van der Waals surface area (Å²) in [5.74, 6) is 0.134. The second-order valence-corrected chi connectivity index (χ2v) is 10.5. The van der Waals surface area contributed by atoms with Gasteiger partial charge in [-0.2, -0.15) is 0 Å². The molecule has 3 amide bonds. The van der Waals surface area contributed by atoms with E-state index in [1.807, 2.05) is 65.3 Å². The fraction of sp³-hybridized carbons (Fsp3) is 0.357. The topological polar surface area (TPSA) is 55.9 Å². The second kappa shape index (κ2) is 10.2. The number of thiophene rings is 1. The van der Waals surface area contributed by atoms with E-state index in [1.165, 1.54) is 16.0 Å². The number of rotatable bonds is 4. The molecule has 1 saturated heterocycles. The molecule has 0 unspecified atom stereocenters. The van der Waals surface area contributed by atoms with Crippen LogP contribution in [0.15, 0.2) is 66.0 Å². The van der Waals surface area contributed by atoms with Gasteiger partial charge in [0.25, 0.3) is 0 Å². The van der Waals surface area contributed by atoms with Gasteiger partial charge in [0.1, 0.15) is 0 Å². The summed E-state index contributed by atoms with van der Waals surface area (Å²) in [5, 5.41) is 5.15. The highest BCUT2D eigenvalue weighted by Gasteiger charge is 2.34. The molecular weight excluding hydrogens is 456 g/mol. The van der Waals surface area contributed by atoms with Crippen LogP contribution >= 0.6 is 11.3 Å². The summed E-state index contributed by atoms with van der Waals surface area (Å²) >= 11 is 1.81. The number of aryl methyl sites for hydroxylation is 1. The zero-order valence-corrected chi connectivity index (χ0v) is 21.1. The molecule has 182 valence electrons. The van der Waals surface area contributed by atoms with Crippen LogP contribution in [0.4, 0.5) is 10.5 Å². The van der Waals surface area contributed by atoms with Gasteiger partial charge in [-0.3, -0.25) is 9.69 Å². The van der Waals surface area contributed by atoms with Crippen LogP contribution < -0.4 is 5.32 Å². The minimum Gasteiger partial charge on any atom is -0.338 e. The minimum absolute atomic E-state index is 0.0482. The Labute approximate surface area is 211 Å². The van der Waals surface area contributed by atoms with Gasteiger partial charge in [-0.1, -0.05) is 48.0 Å². The standard InChI is InChI=1S/C28H32N4O2S/c1-20-8-10-23(11-9-20)29-28(34)32-16-15-30(18-21(32)2)26(33)19-31-14-12-25-24(13-17-35-25)27(31)22-6-4-3-5-7-22/h3-11,13,17,21,27H,12,14-16,18-19H2,1-2H3,(H,29,34)/t21-,27-/m1/s1. The summed E-state index contributed by atoms with van der Waals surface area (Å²) in [7, 11) is 0. The van der Waals surface area contributed by atoms with Gasteiger partial charge in [-0.15, -0.1) is 11.3 Å². The quantitative estimate of drug-likeness (QED) is 0.576. The van der Waals surface area contributed by atoms with Crippen LogP contribution in [-0.4, -0.2) is 65.4 Å². The third-order valence-electron chi connectivity index (χ3n) is 7.06. The Balaban J connectivity index is 1.23. The lowest BCUT2D eigenvalue weighted by molar-refractivity contribution is -0.135. The highest BCUT2D eigenvalue weighted by atomic mass is 32.1. The lowest BCUT2D eigenvalue weighted by atomic mass is 9.93. The molecule has 1 N–H and O–H groups in total. The smallest absolute Gasteiger partial charge is 0.322 e. The second-order valence-electron chi connectivity index (χ2n) is 9.51. The van der Waals surface area contributed by atoms with Crippen molar-refractivity contribution < 1.29 is 9.59 Å². The van der Waals surface area contributed by atoms with Gasteiger partial charge in [0, 0.05) is 42.8 Å². The van der Waals surface area contributed by atoms with Crippen molar-refractivity contribution in [3.8, 4) is 0 Å². The van der Waals surface area contributed by atoms with E-state index in [0.717, 1.165) is 24.2 Å². The van der Waals surface area contributed by atoms with Crippen molar-refractivity contribution in [1.82, 2.24) is 14.7 Å². The zero-order chi connectivity index (χ0) is 24.4. The maximum absolute atomic E-state index is 13.4. The Kier molecular flexibility index (Phi) is 6.88. The molecule has 35 heavy (non-hydrogen) atoms. The van der Waals surface area contributed by atoms with Crippen LogP contribution in [0.3, 0.4) is 0 Å². The summed E-state index contributed by atoms with van der Waals surface area (Å²) < 4.78 is 0. The summed E-state index contributed by atoms with van der Waals surface area (Å²) in [6, 6.07) is 20.4. The fourth-order valence-corrected chi connectivity index (χ4v) is 6.06. The van der Waals surface area contributed by atoms with E-state index < -0.39 is 0 Å². The van der Waals surface area contributed by atoms with Crippen molar-refractivity contribution in [1.29, 1.82) is 0 Å². The predicted molar refractivity (Wildman–Crippen MR) is 141 cm³/mol. The summed E-state index contributed by atoms with van der Waals surface area (Å²) in [5.41, 5.74) is 4.50. The van der Waals surface area contributed by atoms with Crippen LogP contribution in [0.1, 0.15) is 34.5 Å². The summed E-state index contributed by atoms with van der Waals surface area (Å²) in [6.07, 6.45) is 0.979. The predicted octanol–water partition coefficient (Wildman–Crippen LogP) is 4.77. The monoisotopic (exact) mass is 488 g/mol. The van der Waals surface area contributed by atoms with Gasteiger partial charge in [-0.05, 0) is 55.0 Å². The fourth-order valence-electron chi connectivity index (χ4n) is 5.16. The van der Waals surface area contributed by atoms with Gasteiger partial charge in [-0.25, -0.2) is 4.79 Å². The number of fused-ring (bicyclic) bond motifs is 1. The molecular formula is C28H32N4O2S. The number of urea groups is 1. The maximum Gasteiger partial charge on any atom is 0.322 e. The van der Waals surface area contributed by atoms with Crippen molar-refractivity contribution in [3.63, 3.8) is 0 Å². The first-order chi connectivity index (χ1) is 17.0. The molecule has 7 heteroatoms. The number of amides is 3. The van der Waals surface area contributed by atoms with Crippen molar-refractivity contribution in [2.24, 2.45) is 0 Å². The molecule has 0 bridgehead atoms. The Morgan fingerprint density at radius 2 is 1.77 bits per heavy atom. The zero-order valence-electron chi connectivity index (χ0n) is 20.3. The van der Waals surface area contributed by atoms with Crippen molar-refractivity contribution in [2.75, 3.05) is 38.0 Å². The van der Waals surface area contributed by atoms with E-state index in [2.05, 4.69) is 45.9 Å². The van der Waals surface area contributed by atoms with Crippen molar-refractivity contribution in [3.05, 3.63) is 87.6 Å². The van der Waals surface area contributed by atoms with Crippen LogP contribution in [0, 0.1) is 6.92 Å². The number of piperazine rings is 1. The van der Waals surface area contributed by atoms with Crippen LogP contribution in [0.25, 0.3) is 0 Å². The molecule has 0 aliphatic carbocycles. The largest absolute Gasteiger partial charge is 0.338 e. The molecule has 1 aromatic heterocycles. The molecule has 0 radical (unpaired) electrons. The molecule has 3 heterocycles. The number of benzene rings is 2. The van der Waals surface area contributed by atoms with Gasteiger partial charge in [0.15, 0.2) is 0 Å². The molecule has 3 aromatic rings. The molecule has 2 aromatic carbocycles. The number of carbonyl (C=O) groups is 2. The Bertz CT molecular complexity index is 1180. The molecule has 1 fully saturated rings. The van der Waals surface area contributed by atoms with E-state index >= 15 is 0 Å². The van der Waals surface area contributed by atoms with Gasteiger partial charge >= 0.3 is 6.03 Å². The normalized spacial score (nSPS) is 20.4. The lowest BCUT2D eigenvalue weighted by Gasteiger charge is -2.41. The molecule has 2 atom stereocenters. The summed E-state index contributed by atoms with van der Waals surface area (Å²) in [6.45, 7) is 6.92. The van der Waals surface area contributed by atoms with E-state index in [0.29, 0.717) is 26.2 Å². The van der Waals surface area contributed by atoms with Gasteiger partial charge in [0.2, 0.25) is 5.91 Å². The van der Waals surface area contributed by atoms with E-state index in [-0.39, 0.29) is 24.0 Å². The van der Waals surface area contributed by atoms with E-state index in [4.69, 9.17) is 0 Å². The Morgan fingerprint density at radius 3 is 2.51 bits per heavy atom. The number of carbonyl (C=O) groups excluding carboxylic acids is 2. The molecule has 5 rings (SSSR count). The molecule has 2 aliphatic heterocycles. The number of anilines is 1. The number of hydrogen-bond donors (Lipinski definition) is 1. The average molecular weight is 489 g/mol. The number of nitrogens with zero attached hydrogens (tertiary/aromatic N) is 3. The van der Waals surface area contributed by atoms with Crippen molar-refractivity contribution >= 4 is 29.0 Å². The van der Waals surface area contributed by atoms with Gasteiger partial charge < -0.3 is 15.1 Å². The van der Waals surface area contributed by atoms with Crippen molar-refractivity contribution in [2.45, 2.75) is 32.4 Å². The Morgan fingerprint density at radius 1 is 1.00 bits per heavy atom. The molecule has 0 saturated carbocycles. The highest BCUT2D eigenvalue weighted by molar-refractivity contribution is 7.10. The summed E-state index contributed by atoms with van der Waals surface area (Å²) in [4.78, 5) is 33.7. The third-order valence-corrected chi connectivity index (χ3v) is 8.06. The average Bonchev–Trinajstić information content (AvgIpc) is 3.34. The Hall–Kier alpha value is -3.16. The first kappa shape index (κ1) is 23.6. The van der Waals surface area contributed by atoms with Crippen LogP contribution in [0.5, 0.6) is 0 Å². The lowest BCUT2D eigenvalue weighted by Crippen LogP contribution is -2.58. The SMILES string of the molecule is Cc1ccc(NC(=O)N2CCN(C(=O)CN3CCc4sccc4[C@H]3c3ccccc3)C[C@H]2C)cc1.